The number of benzene rings is 1. The molecule has 2 N–H and O–H groups in total. The first-order valence-electron chi connectivity index (χ1n) is 10.4. The lowest BCUT2D eigenvalue weighted by molar-refractivity contribution is 0.335. The molecule has 0 amide bonds. The Hall–Kier alpha value is -3.48. The van der Waals surface area contributed by atoms with Gasteiger partial charge in [-0.3, -0.25) is 19.4 Å². The van der Waals surface area contributed by atoms with Crippen molar-refractivity contribution >= 4 is 33.1 Å². The van der Waals surface area contributed by atoms with E-state index in [-0.39, 0.29) is 17.0 Å². The first-order valence-corrected chi connectivity index (χ1v) is 10.4. The zero-order valence-electron chi connectivity index (χ0n) is 16.6. The van der Waals surface area contributed by atoms with Gasteiger partial charge in [-0.15, -0.1) is 0 Å². The molecule has 7 nitrogen and oxygen atoms in total. The van der Waals surface area contributed by atoms with E-state index >= 15 is 0 Å². The summed E-state index contributed by atoms with van der Waals surface area (Å²) in [7, 11) is 0. The monoisotopic (exact) mass is 403 g/mol. The van der Waals surface area contributed by atoms with Crippen molar-refractivity contribution in [2.45, 2.75) is 45.1 Å². The molecule has 152 valence electrons. The highest BCUT2D eigenvalue weighted by Gasteiger charge is 2.26. The first-order chi connectivity index (χ1) is 14.6. The fraction of sp³-hybridized carbons (Fsp3) is 0.304. The quantitative estimate of drug-likeness (QED) is 0.434. The summed E-state index contributed by atoms with van der Waals surface area (Å²) in [6.45, 7) is 1.87. The summed E-state index contributed by atoms with van der Waals surface area (Å²) in [6.07, 6.45) is 5.60. The molecule has 5 aromatic rings. The van der Waals surface area contributed by atoms with Crippen LogP contribution in [0.25, 0.3) is 44.4 Å². The van der Waals surface area contributed by atoms with Gasteiger partial charge >= 0.3 is 0 Å². The summed E-state index contributed by atoms with van der Waals surface area (Å²) in [4.78, 5) is 28.4. The van der Waals surface area contributed by atoms with E-state index in [1.807, 2.05) is 23.7 Å². The molecule has 4 heterocycles. The minimum absolute atomic E-state index is 0.119. The van der Waals surface area contributed by atoms with Crippen molar-refractivity contribution in [2.75, 3.05) is 0 Å². The van der Waals surface area contributed by atoms with Gasteiger partial charge in [0, 0.05) is 11.5 Å². The normalized spacial score (nSPS) is 15.6. The van der Waals surface area contributed by atoms with E-state index in [9.17, 15) is 9.59 Å². The summed E-state index contributed by atoms with van der Waals surface area (Å²) < 4.78 is 14.0. The number of hydrogen-bond acceptors (Lipinski definition) is 4. The molecule has 1 aliphatic carbocycles. The number of nitrogens with zero attached hydrogens (tertiary/aromatic N) is 1. The highest BCUT2D eigenvalue weighted by molar-refractivity contribution is 6.13. The third-order valence-corrected chi connectivity index (χ3v) is 6.24. The Labute approximate surface area is 170 Å². The van der Waals surface area contributed by atoms with Gasteiger partial charge in [0.1, 0.15) is 22.8 Å². The summed E-state index contributed by atoms with van der Waals surface area (Å²) in [6, 6.07) is 8.73. The minimum atomic E-state index is -0.178. The van der Waals surface area contributed by atoms with E-state index in [1.54, 1.807) is 6.07 Å². The van der Waals surface area contributed by atoms with Gasteiger partial charge in [0.05, 0.1) is 22.5 Å². The maximum Gasteiger partial charge on any atom is 0.274 e. The van der Waals surface area contributed by atoms with E-state index in [2.05, 4.69) is 10.1 Å². The Bertz CT molecular complexity index is 1540. The average molecular weight is 403 g/mol. The molecule has 0 bridgehead atoms. The Morgan fingerprint density at radius 1 is 1.03 bits per heavy atom. The summed E-state index contributed by atoms with van der Waals surface area (Å²) in [5.74, 6) is 1.32. The van der Waals surface area contributed by atoms with Gasteiger partial charge in [-0.25, -0.2) is 0 Å². The van der Waals surface area contributed by atoms with Crippen molar-refractivity contribution in [3.8, 4) is 11.3 Å². The van der Waals surface area contributed by atoms with Crippen molar-refractivity contribution in [3.05, 3.63) is 56.7 Å². The summed E-state index contributed by atoms with van der Waals surface area (Å²) in [5, 5.41) is 4.38. The standard InChI is InChI=1S/C23H21N3O4/c1-12-7-10-16(29-12)18-19-22(26(25-23(19)28)13-5-3-2-4-6-13)24-20-15-9-8-14(27)11-17(15)30-21(18)20/h7-11,13,24H,2-6H2,1H3,(H,25,28). The Kier molecular flexibility index (Phi) is 3.63. The minimum Gasteiger partial charge on any atom is -0.461 e. The van der Waals surface area contributed by atoms with Gasteiger partial charge in [-0.2, -0.15) is 0 Å². The number of aromatic amines is 2. The number of H-pyrrole nitrogens is 2. The van der Waals surface area contributed by atoms with Gasteiger partial charge in [-0.05, 0) is 44.0 Å². The predicted octanol–water partition coefficient (Wildman–Crippen LogP) is 4.99. The molecule has 7 heteroatoms. The highest BCUT2D eigenvalue weighted by Crippen LogP contribution is 2.39. The maximum atomic E-state index is 13.1. The third-order valence-electron chi connectivity index (χ3n) is 6.24. The van der Waals surface area contributed by atoms with Crippen LogP contribution in [0.4, 0.5) is 0 Å². The largest absolute Gasteiger partial charge is 0.461 e. The van der Waals surface area contributed by atoms with Crippen LogP contribution in [-0.4, -0.2) is 14.8 Å². The SMILES string of the molecule is Cc1ccc(-c2c3oc4cc(=O)ccc4c3[nH]c3c2c(=O)[nH]n3C2CCCCC2)o1. The van der Waals surface area contributed by atoms with E-state index in [0.29, 0.717) is 27.9 Å². The number of furan rings is 2. The number of rotatable bonds is 2. The van der Waals surface area contributed by atoms with Gasteiger partial charge < -0.3 is 13.8 Å². The third kappa shape index (κ3) is 2.44. The Morgan fingerprint density at radius 2 is 1.87 bits per heavy atom. The fourth-order valence-corrected chi connectivity index (χ4v) is 4.83. The van der Waals surface area contributed by atoms with Crippen molar-refractivity contribution in [3.63, 3.8) is 0 Å². The molecule has 1 aromatic carbocycles. The van der Waals surface area contributed by atoms with E-state index in [4.69, 9.17) is 8.83 Å². The number of aryl methyl sites for hydroxylation is 1. The van der Waals surface area contributed by atoms with Crippen LogP contribution in [0.15, 0.2) is 48.8 Å². The molecule has 1 fully saturated rings. The van der Waals surface area contributed by atoms with Crippen molar-refractivity contribution in [1.82, 2.24) is 14.8 Å². The van der Waals surface area contributed by atoms with Crippen LogP contribution < -0.4 is 11.0 Å². The van der Waals surface area contributed by atoms with Gasteiger partial charge in [0.25, 0.3) is 5.56 Å². The number of hydrogen-bond donors (Lipinski definition) is 2. The lowest BCUT2D eigenvalue weighted by atomic mass is 9.95. The average Bonchev–Trinajstić information content (AvgIpc) is 3.42. The van der Waals surface area contributed by atoms with E-state index < -0.39 is 0 Å². The lowest BCUT2D eigenvalue weighted by Crippen LogP contribution is -2.16. The van der Waals surface area contributed by atoms with Crippen molar-refractivity contribution in [2.24, 2.45) is 0 Å². The lowest BCUT2D eigenvalue weighted by Gasteiger charge is -2.23. The van der Waals surface area contributed by atoms with Crippen LogP contribution in [0.1, 0.15) is 43.9 Å². The number of pyridine rings is 1. The van der Waals surface area contributed by atoms with Crippen LogP contribution in [0.2, 0.25) is 0 Å². The zero-order chi connectivity index (χ0) is 20.4. The highest BCUT2D eigenvalue weighted by atomic mass is 16.4. The van der Waals surface area contributed by atoms with E-state index in [0.717, 1.165) is 48.0 Å². The second kappa shape index (κ2) is 6.26. The molecule has 0 saturated heterocycles. The first kappa shape index (κ1) is 17.4. The molecule has 0 radical (unpaired) electrons. The van der Waals surface area contributed by atoms with Crippen molar-refractivity contribution in [1.29, 1.82) is 0 Å². The number of fused-ring (bicyclic) bond motifs is 4. The maximum absolute atomic E-state index is 13.1. The molecule has 6 rings (SSSR count). The summed E-state index contributed by atoms with van der Waals surface area (Å²) >= 11 is 0. The molecular formula is C23H21N3O4. The summed E-state index contributed by atoms with van der Waals surface area (Å²) in [5.41, 5.74) is 2.82. The van der Waals surface area contributed by atoms with Gasteiger partial charge in [-0.1, -0.05) is 19.3 Å². The van der Waals surface area contributed by atoms with Crippen LogP contribution in [0.5, 0.6) is 0 Å². The molecule has 1 aliphatic rings. The molecular weight excluding hydrogens is 382 g/mol. The predicted molar refractivity (Wildman–Crippen MR) is 115 cm³/mol. The van der Waals surface area contributed by atoms with Crippen LogP contribution in [0, 0.1) is 6.92 Å². The van der Waals surface area contributed by atoms with Crippen LogP contribution in [-0.2, 0) is 0 Å². The zero-order valence-corrected chi connectivity index (χ0v) is 16.6. The molecule has 0 unspecified atom stereocenters. The van der Waals surface area contributed by atoms with Crippen LogP contribution >= 0.6 is 0 Å². The van der Waals surface area contributed by atoms with Crippen molar-refractivity contribution < 1.29 is 8.83 Å². The fourth-order valence-electron chi connectivity index (χ4n) is 4.83. The second-order valence-corrected chi connectivity index (χ2v) is 8.20. The molecule has 0 spiro atoms. The van der Waals surface area contributed by atoms with Gasteiger partial charge in [0.15, 0.2) is 11.0 Å². The molecule has 0 atom stereocenters. The molecule has 4 aromatic heterocycles. The topological polar surface area (TPSA) is 96.9 Å². The number of aromatic nitrogens is 3. The molecule has 30 heavy (non-hydrogen) atoms. The van der Waals surface area contributed by atoms with Crippen LogP contribution in [0.3, 0.4) is 0 Å². The Balaban J connectivity index is 1.78. The number of nitrogens with one attached hydrogen (secondary N) is 2. The van der Waals surface area contributed by atoms with E-state index in [1.165, 1.54) is 18.6 Å². The van der Waals surface area contributed by atoms with Gasteiger partial charge in [0.2, 0.25) is 0 Å². The molecule has 1 saturated carbocycles. The smallest absolute Gasteiger partial charge is 0.274 e. The second-order valence-electron chi connectivity index (χ2n) is 8.20. The Morgan fingerprint density at radius 3 is 2.63 bits per heavy atom. The molecule has 0 aliphatic heterocycles.